The molecule has 0 amide bonds. The van der Waals surface area contributed by atoms with Crippen molar-refractivity contribution < 1.29 is 14.2 Å². The van der Waals surface area contributed by atoms with E-state index in [9.17, 15) is 9.50 Å². The number of aliphatic hydroxyl groups is 1. The summed E-state index contributed by atoms with van der Waals surface area (Å²) in [5.74, 6) is 1.03. The zero-order valence-corrected chi connectivity index (χ0v) is 11.4. The molecular formula is C16H21FO2. The zero-order valence-electron chi connectivity index (χ0n) is 11.4. The van der Waals surface area contributed by atoms with Crippen molar-refractivity contribution in [3.8, 4) is 5.75 Å². The summed E-state index contributed by atoms with van der Waals surface area (Å²) >= 11 is 0. The van der Waals surface area contributed by atoms with E-state index in [1.54, 1.807) is 6.07 Å². The molecule has 1 fully saturated rings. The summed E-state index contributed by atoms with van der Waals surface area (Å²) in [4.78, 5) is 0. The lowest BCUT2D eigenvalue weighted by atomic mass is 9.72. The highest BCUT2D eigenvalue weighted by Crippen LogP contribution is 2.47. The van der Waals surface area contributed by atoms with Gasteiger partial charge in [-0.05, 0) is 43.4 Å². The Hall–Kier alpha value is -1.09. The van der Waals surface area contributed by atoms with E-state index in [1.807, 2.05) is 0 Å². The summed E-state index contributed by atoms with van der Waals surface area (Å²) in [6.07, 6.45) is 5.58. The molecule has 1 aromatic rings. The second-order valence-corrected chi connectivity index (χ2v) is 6.06. The molecule has 0 saturated heterocycles. The Morgan fingerprint density at radius 1 is 1.42 bits per heavy atom. The predicted molar refractivity (Wildman–Crippen MR) is 71.6 cm³/mol. The summed E-state index contributed by atoms with van der Waals surface area (Å²) in [5.41, 5.74) is 0.368. The summed E-state index contributed by atoms with van der Waals surface area (Å²) in [6, 6.07) is 4.46. The molecule has 2 nitrogen and oxygen atoms in total. The lowest BCUT2D eigenvalue weighted by Crippen LogP contribution is -2.45. The first-order valence-electron chi connectivity index (χ1n) is 7.28. The average molecular weight is 264 g/mol. The predicted octanol–water partition coefficient (Wildman–Crippen LogP) is 3.98. The highest BCUT2D eigenvalue weighted by molar-refractivity contribution is 5.38. The second-order valence-electron chi connectivity index (χ2n) is 6.06. The molecule has 2 aliphatic rings. The van der Waals surface area contributed by atoms with Gasteiger partial charge in [0.15, 0.2) is 0 Å². The van der Waals surface area contributed by atoms with Crippen molar-refractivity contribution in [2.45, 2.75) is 57.2 Å². The van der Waals surface area contributed by atoms with E-state index in [1.165, 1.54) is 18.6 Å². The Morgan fingerprint density at radius 3 is 3.05 bits per heavy atom. The normalized spacial score (nSPS) is 33.8. The van der Waals surface area contributed by atoms with Crippen LogP contribution in [0.4, 0.5) is 4.39 Å². The number of fused-ring (bicyclic) bond motifs is 1. The van der Waals surface area contributed by atoms with Crippen molar-refractivity contribution in [1.82, 2.24) is 0 Å². The van der Waals surface area contributed by atoms with Crippen LogP contribution in [0.1, 0.15) is 57.1 Å². The van der Waals surface area contributed by atoms with Crippen LogP contribution in [0.25, 0.3) is 0 Å². The average Bonchev–Trinajstić information content (AvgIpc) is 2.40. The fourth-order valence-electron chi connectivity index (χ4n) is 3.68. The Bertz CT molecular complexity index is 474. The van der Waals surface area contributed by atoms with E-state index in [4.69, 9.17) is 4.74 Å². The van der Waals surface area contributed by atoms with Gasteiger partial charge >= 0.3 is 0 Å². The highest BCUT2D eigenvalue weighted by atomic mass is 19.1. The van der Waals surface area contributed by atoms with Crippen LogP contribution in [0.3, 0.4) is 0 Å². The van der Waals surface area contributed by atoms with Crippen LogP contribution in [0, 0.1) is 11.7 Å². The summed E-state index contributed by atoms with van der Waals surface area (Å²) in [6.45, 7) is 2.21. The Morgan fingerprint density at radius 2 is 2.26 bits per heavy atom. The zero-order chi connectivity index (χ0) is 13.5. The van der Waals surface area contributed by atoms with E-state index in [0.717, 1.165) is 25.7 Å². The lowest BCUT2D eigenvalue weighted by Gasteiger charge is -2.45. The maximum absolute atomic E-state index is 13.3. The molecule has 104 valence electrons. The number of benzene rings is 1. The van der Waals surface area contributed by atoms with Crippen LogP contribution in [-0.4, -0.2) is 10.7 Å². The number of rotatable bonds is 1. The van der Waals surface area contributed by atoms with Gasteiger partial charge in [0.1, 0.15) is 17.2 Å². The molecule has 0 aromatic heterocycles. The van der Waals surface area contributed by atoms with Crippen molar-refractivity contribution in [3.63, 3.8) is 0 Å². The molecule has 1 heterocycles. The third kappa shape index (κ3) is 2.36. The first-order chi connectivity index (χ1) is 9.12. The Labute approximate surface area is 113 Å². The van der Waals surface area contributed by atoms with Crippen molar-refractivity contribution in [2.24, 2.45) is 5.92 Å². The number of halogens is 1. The largest absolute Gasteiger partial charge is 0.487 e. The quantitative estimate of drug-likeness (QED) is 0.831. The van der Waals surface area contributed by atoms with Gasteiger partial charge in [-0.1, -0.05) is 19.8 Å². The van der Waals surface area contributed by atoms with Crippen LogP contribution in [0.2, 0.25) is 0 Å². The fourth-order valence-corrected chi connectivity index (χ4v) is 3.68. The van der Waals surface area contributed by atoms with Crippen LogP contribution in [-0.2, 0) is 0 Å². The monoisotopic (exact) mass is 264 g/mol. The van der Waals surface area contributed by atoms with E-state index in [2.05, 4.69) is 6.92 Å². The minimum Gasteiger partial charge on any atom is -0.487 e. The number of hydrogen-bond acceptors (Lipinski definition) is 2. The SMILES string of the molecule is CCC1CCCC2(C1)CC(O)c1cc(F)ccc1O2. The topological polar surface area (TPSA) is 29.5 Å². The number of aliphatic hydroxyl groups excluding tert-OH is 1. The lowest BCUT2D eigenvalue weighted by molar-refractivity contribution is -0.0522. The number of hydrogen-bond donors (Lipinski definition) is 1. The van der Waals surface area contributed by atoms with E-state index >= 15 is 0 Å². The Balaban J connectivity index is 1.89. The summed E-state index contributed by atoms with van der Waals surface area (Å²) in [7, 11) is 0. The van der Waals surface area contributed by atoms with Crippen molar-refractivity contribution in [1.29, 1.82) is 0 Å². The van der Waals surface area contributed by atoms with Gasteiger partial charge in [-0.3, -0.25) is 0 Å². The van der Waals surface area contributed by atoms with Crippen molar-refractivity contribution in [3.05, 3.63) is 29.6 Å². The van der Waals surface area contributed by atoms with Gasteiger partial charge in [0, 0.05) is 12.0 Å². The second kappa shape index (κ2) is 4.78. The van der Waals surface area contributed by atoms with Gasteiger partial charge in [0.05, 0.1) is 6.10 Å². The van der Waals surface area contributed by atoms with Crippen LogP contribution >= 0.6 is 0 Å². The molecule has 0 radical (unpaired) electrons. The van der Waals surface area contributed by atoms with Crippen LogP contribution in [0.15, 0.2) is 18.2 Å². The van der Waals surface area contributed by atoms with E-state index in [0.29, 0.717) is 23.7 Å². The van der Waals surface area contributed by atoms with Crippen LogP contribution in [0.5, 0.6) is 5.75 Å². The molecule has 19 heavy (non-hydrogen) atoms. The van der Waals surface area contributed by atoms with Crippen molar-refractivity contribution in [2.75, 3.05) is 0 Å². The smallest absolute Gasteiger partial charge is 0.126 e. The minimum absolute atomic E-state index is 0.233. The standard InChI is InChI=1S/C16H21FO2/c1-2-11-4-3-7-16(9-11)10-14(18)13-8-12(17)5-6-15(13)19-16/h5-6,8,11,14,18H,2-4,7,9-10H2,1H3. The van der Waals surface area contributed by atoms with Gasteiger partial charge in [0.2, 0.25) is 0 Å². The molecule has 1 N–H and O–H groups in total. The molecule has 1 spiro atoms. The molecule has 1 aliphatic carbocycles. The maximum Gasteiger partial charge on any atom is 0.126 e. The van der Waals surface area contributed by atoms with Gasteiger partial charge in [0.25, 0.3) is 0 Å². The van der Waals surface area contributed by atoms with Gasteiger partial charge in [-0.25, -0.2) is 4.39 Å². The molecule has 3 unspecified atom stereocenters. The third-order valence-corrected chi connectivity index (χ3v) is 4.71. The molecule has 0 bridgehead atoms. The van der Waals surface area contributed by atoms with E-state index < -0.39 is 6.10 Å². The maximum atomic E-state index is 13.3. The van der Waals surface area contributed by atoms with Crippen molar-refractivity contribution >= 4 is 0 Å². The van der Waals surface area contributed by atoms with Gasteiger partial charge in [-0.15, -0.1) is 0 Å². The molecule has 1 aromatic carbocycles. The first-order valence-corrected chi connectivity index (χ1v) is 7.28. The van der Waals surface area contributed by atoms with Crippen LogP contribution < -0.4 is 4.74 Å². The number of ether oxygens (including phenoxy) is 1. The van der Waals surface area contributed by atoms with Gasteiger partial charge in [-0.2, -0.15) is 0 Å². The summed E-state index contributed by atoms with van der Waals surface area (Å²) in [5, 5.41) is 10.3. The molecule has 1 saturated carbocycles. The van der Waals surface area contributed by atoms with E-state index in [-0.39, 0.29) is 11.4 Å². The molecular weight excluding hydrogens is 243 g/mol. The minimum atomic E-state index is -0.602. The van der Waals surface area contributed by atoms with Gasteiger partial charge < -0.3 is 9.84 Å². The Kier molecular flexibility index (Phi) is 3.25. The third-order valence-electron chi connectivity index (χ3n) is 4.71. The summed E-state index contributed by atoms with van der Waals surface area (Å²) < 4.78 is 19.4. The molecule has 3 atom stereocenters. The molecule has 3 rings (SSSR count). The molecule has 3 heteroatoms. The highest BCUT2D eigenvalue weighted by Gasteiger charge is 2.43. The molecule has 1 aliphatic heterocycles. The first kappa shape index (κ1) is 12.9. The fraction of sp³-hybridized carbons (Fsp3) is 0.625.